The molecule has 0 aliphatic heterocycles. The zero-order chi connectivity index (χ0) is 11.4. The van der Waals surface area contributed by atoms with Crippen LogP contribution in [-0.2, 0) is 0 Å². The summed E-state index contributed by atoms with van der Waals surface area (Å²) in [7, 11) is 0. The van der Waals surface area contributed by atoms with Gasteiger partial charge >= 0.3 is 0 Å². The quantitative estimate of drug-likeness (QED) is 0.591. The predicted octanol–water partition coefficient (Wildman–Crippen LogP) is 4.82. The number of hydrogen-bond acceptors (Lipinski definition) is 3. The first-order valence-electron chi connectivity index (χ1n) is 6.28. The van der Waals surface area contributed by atoms with Crippen molar-refractivity contribution >= 4 is 27.3 Å². The van der Waals surface area contributed by atoms with Gasteiger partial charge in [-0.2, -0.15) is 0 Å². The van der Waals surface area contributed by atoms with Crippen LogP contribution in [0.5, 0.6) is 0 Å². The van der Waals surface area contributed by atoms with Crippen molar-refractivity contribution < 1.29 is 0 Å². The summed E-state index contributed by atoms with van der Waals surface area (Å²) >= 11 is 5.46. The molecule has 4 heteroatoms. The van der Waals surface area contributed by atoms with Crippen molar-refractivity contribution in [3.8, 4) is 0 Å². The molecule has 1 aliphatic rings. The molecule has 0 saturated heterocycles. The molecule has 90 valence electrons. The average Bonchev–Trinajstić information content (AvgIpc) is 2.64. The van der Waals surface area contributed by atoms with Gasteiger partial charge in [0.25, 0.3) is 0 Å². The molecule has 1 unspecified atom stereocenters. The first-order chi connectivity index (χ1) is 7.81. The average molecular weight is 303 g/mol. The van der Waals surface area contributed by atoms with Gasteiger partial charge in [0.1, 0.15) is 10.0 Å². The third-order valence-electron chi connectivity index (χ3n) is 3.29. The fourth-order valence-electron chi connectivity index (χ4n) is 2.24. The van der Waals surface area contributed by atoms with Crippen LogP contribution < -0.4 is 0 Å². The second kappa shape index (κ2) is 6.10. The van der Waals surface area contributed by atoms with Crippen molar-refractivity contribution in [1.29, 1.82) is 0 Å². The Hall–Kier alpha value is 0.0400. The van der Waals surface area contributed by atoms with Gasteiger partial charge in [-0.15, -0.1) is 21.5 Å². The first-order valence-corrected chi connectivity index (χ1v) is 8.02. The fraction of sp³-hybridized carbons (Fsp3) is 0.833. The molecule has 1 saturated carbocycles. The van der Waals surface area contributed by atoms with Crippen LogP contribution in [0.3, 0.4) is 0 Å². The van der Waals surface area contributed by atoms with Gasteiger partial charge < -0.3 is 0 Å². The van der Waals surface area contributed by atoms with E-state index < -0.39 is 0 Å². The Bertz CT molecular complexity index is 319. The normalized spacial score (nSPS) is 20.6. The summed E-state index contributed by atoms with van der Waals surface area (Å²) in [4.78, 5) is 0.393. The van der Waals surface area contributed by atoms with Crippen LogP contribution in [-0.4, -0.2) is 10.2 Å². The number of halogens is 1. The molecule has 0 aromatic carbocycles. The molecule has 0 amide bonds. The van der Waals surface area contributed by atoms with Crippen LogP contribution in [0.25, 0.3) is 0 Å². The molecular weight excluding hydrogens is 284 g/mol. The molecule has 1 fully saturated rings. The van der Waals surface area contributed by atoms with Gasteiger partial charge in [-0.1, -0.05) is 48.5 Å². The summed E-state index contributed by atoms with van der Waals surface area (Å²) in [5.41, 5.74) is 0. The molecule has 16 heavy (non-hydrogen) atoms. The highest BCUT2D eigenvalue weighted by Gasteiger charge is 2.20. The molecule has 1 aliphatic carbocycles. The Morgan fingerprint density at radius 3 is 2.56 bits per heavy atom. The van der Waals surface area contributed by atoms with E-state index in [4.69, 9.17) is 0 Å². The Balaban J connectivity index is 2.05. The topological polar surface area (TPSA) is 25.8 Å². The fourth-order valence-corrected chi connectivity index (χ4v) is 3.69. The van der Waals surface area contributed by atoms with Gasteiger partial charge in [-0.25, -0.2) is 0 Å². The van der Waals surface area contributed by atoms with E-state index in [0.29, 0.717) is 10.7 Å². The maximum Gasteiger partial charge on any atom is 0.131 e. The highest BCUT2D eigenvalue weighted by Crippen LogP contribution is 2.36. The third kappa shape index (κ3) is 3.04. The molecular formula is C12H19BrN2S. The van der Waals surface area contributed by atoms with Gasteiger partial charge in [-0.05, 0) is 19.3 Å². The van der Waals surface area contributed by atoms with Crippen molar-refractivity contribution in [2.45, 2.75) is 62.6 Å². The van der Waals surface area contributed by atoms with Crippen LogP contribution in [0.15, 0.2) is 0 Å². The van der Waals surface area contributed by atoms with E-state index in [2.05, 4.69) is 33.1 Å². The molecule has 2 rings (SSSR count). The minimum Gasteiger partial charge on any atom is -0.143 e. The minimum absolute atomic E-state index is 0.393. The van der Waals surface area contributed by atoms with E-state index in [1.54, 1.807) is 0 Å². The summed E-state index contributed by atoms with van der Waals surface area (Å²) in [6, 6.07) is 0. The van der Waals surface area contributed by atoms with E-state index in [0.717, 1.165) is 11.4 Å². The van der Waals surface area contributed by atoms with Gasteiger partial charge in [0, 0.05) is 5.92 Å². The number of hydrogen-bond donors (Lipinski definition) is 0. The van der Waals surface area contributed by atoms with Crippen LogP contribution in [0.2, 0.25) is 0 Å². The Labute approximate surface area is 110 Å². The number of nitrogens with zero attached hydrogens (tertiary/aromatic N) is 2. The lowest BCUT2D eigenvalue weighted by molar-refractivity contribution is 0.583. The van der Waals surface area contributed by atoms with Crippen LogP contribution in [0.4, 0.5) is 0 Å². The molecule has 1 heterocycles. The lowest BCUT2D eigenvalue weighted by atomic mass is 10.0. The SMILES string of the molecule is CCC(Br)c1nnc(C2CCCCCC2)s1. The highest BCUT2D eigenvalue weighted by molar-refractivity contribution is 9.09. The smallest absolute Gasteiger partial charge is 0.131 e. The summed E-state index contributed by atoms with van der Waals surface area (Å²) in [6.45, 7) is 2.17. The summed E-state index contributed by atoms with van der Waals surface area (Å²) in [5, 5.41) is 11.1. The largest absolute Gasteiger partial charge is 0.143 e. The zero-order valence-electron chi connectivity index (χ0n) is 9.79. The van der Waals surface area contributed by atoms with E-state index >= 15 is 0 Å². The Morgan fingerprint density at radius 2 is 1.94 bits per heavy atom. The lowest BCUT2D eigenvalue weighted by Gasteiger charge is -2.08. The summed E-state index contributed by atoms with van der Waals surface area (Å²) < 4.78 is 0. The molecule has 0 bridgehead atoms. The molecule has 0 spiro atoms. The van der Waals surface area contributed by atoms with Crippen LogP contribution in [0, 0.1) is 0 Å². The van der Waals surface area contributed by atoms with E-state index in [1.165, 1.54) is 43.5 Å². The lowest BCUT2D eigenvalue weighted by Crippen LogP contribution is -1.96. The second-order valence-electron chi connectivity index (χ2n) is 4.54. The van der Waals surface area contributed by atoms with Gasteiger partial charge in [-0.3, -0.25) is 0 Å². The molecule has 1 aromatic heterocycles. The monoisotopic (exact) mass is 302 g/mol. The number of aromatic nitrogens is 2. The van der Waals surface area contributed by atoms with Crippen molar-refractivity contribution in [2.24, 2.45) is 0 Å². The number of alkyl halides is 1. The van der Waals surface area contributed by atoms with Crippen LogP contribution in [0.1, 0.15) is 72.6 Å². The summed E-state index contributed by atoms with van der Waals surface area (Å²) in [5.74, 6) is 0.685. The van der Waals surface area contributed by atoms with E-state index in [1.807, 2.05) is 11.3 Å². The van der Waals surface area contributed by atoms with E-state index in [9.17, 15) is 0 Å². The molecule has 0 radical (unpaired) electrons. The Morgan fingerprint density at radius 1 is 1.25 bits per heavy atom. The van der Waals surface area contributed by atoms with Crippen molar-refractivity contribution in [1.82, 2.24) is 10.2 Å². The second-order valence-corrected chi connectivity index (χ2v) is 6.69. The van der Waals surface area contributed by atoms with Gasteiger partial charge in [0.15, 0.2) is 0 Å². The van der Waals surface area contributed by atoms with Crippen molar-refractivity contribution in [3.63, 3.8) is 0 Å². The highest BCUT2D eigenvalue weighted by atomic mass is 79.9. The number of rotatable bonds is 3. The maximum absolute atomic E-state index is 4.39. The summed E-state index contributed by atoms with van der Waals surface area (Å²) in [6.07, 6.45) is 9.24. The van der Waals surface area contributed by atoms with E-state index in [-0.39, 0.29) is 0 Å². The maximum atomic E-state index is 4.39. The zero-order valence-corrected chi connectivity index (χ0v) is 12.2. The minimum atomic E-state index is 0.393. The van der Waals surface area contributed by atoms with Crippen molar-refractivity contribution in [2.75, 3.05) is 0 Å². The van der Waals surface area contributed by atoms with Gasteiger partial charge in [0.05, 0.1) is 4.83 Å². The third-order valence-corrected chi connectivity index (χ3v) is 5.87. The Kier molecular flexibility index (Phi) is 4.77. The first kappa shape index (κ1) is 12.5. The molecule has 2 nitrogen and oxygen atoms in total. The molecule has 0 N–H and O–H groups in total. The van der Waals surface area contributed by atoms with Crippen LogP contribution >= 0.6 is 27.3 Å². The standard InChI is InChI=1S/C12H19BrN2S/c1-2-10(13)12-15-14-11(16-12)9-7-5-3-4-6-8-9/h9-10H,2-8H2,1H3. The molecule has 1 atom stereocenters. The van der Waals surface area contributed by atoms with Crippen molar-refractivity contribution in [3.05, 3.63) is 10.0 Å². The predicted molar refractivity (Wildman–Crippen MR) is 72.3 cm³/mol. The molecule has 1 aromatic rings. The van der Waals surface area contributed by atoms with Gasteiger partial charge in [0.2, 0.25) is 0 Å².